The number of ether oxygens (including phenoxy) is 1. The van der Waals surface area contributed by atoms with Crippen LogP contribution in [0.4, 0.5) is 0 Å². The van der Waals surface area contributed by atoms with Gasteiger partial charge in [-0.15, -0.1) is 0 Å². The first kappa shape index (κ1) is 15.3. The molecule has 0 aromatic carbocycles. The van der Waals surface area contributed by atoms with Crippen LogP contribution >= 0.6 is 0 Å². The molecule has 3 atom stereocenters. The van der Waals surface area contributed by atoms with Crippen LogP contribution in [0, 0.1) is 11.3 Å². The summed E-state index contributed by atoms with van der Waals surface area (Å²) in [6.07, 6.45) is 1.77. The average molecular weight is 284 g/mol. The third-order valence-corrected chi connectivity index (χ3v) is 5.05. The van der Waals surface area contributed by atoms with Gasteiger partial charge in [0.2, 0.25) is 5.91 Å². The molecule has 1 saturated heterocycles. The lowest BCUT2D eigenvalue weighted by atomic mass is 9.46. The summed E-state index contributed by atoms with van der Waals surface area (Å²) in [5, 5.41) is 8.72. The van der Waals surface area contributed by atoms with Crippen molar-refractivity contribution in [3.05, 3.63) is 0 Å². The lowest BCUT2D eigenvalue weighted by molar-refractivity contribution is -0.229. The van der Waals surface area contributed by atoms with Gasteiger partial charge in [0.1, 0.15) is 5.54 Å². The molecule has 0 aromatic heterocycles. The fourth-order valence-electron chi connectivity index (χ4n) is 3.69. The second-order valence-corrected chi connectivity index (χ2v) is 6.50. The van der Waals surface area contributed by atoms with E-state index in [9.17, 15) is 9.59 Å². The van der Waals surface area contributed by atoms with Crippen LogP contribution < -0.4 is 5.73 Å². The number of rotatable bonds is 4. The number of hydrogen-bond acceptors (Lipinski definition) is 4. The predicted molar refractivity (Wildman–Crippen MR) is 73.1 cm³/mol. The van der Waals surface area contributed by atoms with Gasteiger partial charge in [-0.2, -0.15) is 0 Å². The Hall–Kier alpha value is -1.14. The van der Waals surface area contributed by atoms with Gasteiger partial charge in [-0.25, -0.2) is 0 Å². The number of nitrogens with two attached hydrogens (primary N) is 1. The average Bonchev–Trinajstić information content (AvgIpc) is 2.42. The normalized spacial score (nSPS) is 34.8. The molecule has 114 valence electrons. The Morgan fingerprint density at radius 1 is 1.45 bits per heavy atom. The molecular weight excluding hydrogens is 260 g/mol. The Morgan fingerprint density at radius 2 is 2.10 bits per heavy atom. The van der Waals surface area contributed by atoms with Gasteiger partial charge in [0, 0.05) is 31.5 Å². The van der Waals surface area contributed by atoms with Crippen molar-refractivity contribution in [1.29, 1.82) is 0 Å². The number of hydrogen-bond donors (Lipinski definition) is 2. The van der Waals surface area contributed by atoms with Crippen molar-refractivity contribution in [2.45, 2.75) is 44.8 Å². The Morgan fingerprint density at radius 3 is 2.70 bits per heavy atom. The highest BCUT2D eigenvalue weighted by atomic mass is 16.5. The number of carboxylic acids is 1. The van der Waals surface area contributed by atoms with E-state index in [4.69, 9.17) is 15.6 Å². The molecule has 1 amide bonds. The molecule has 1 aliphatic heterocycles. The summed E-state index contributed by atoms with van der Waals surface area (Å²) in [6.45, 7) is 4.83. The minimum Gasteiger partial charge on any atom is -0.481 e. The lowest BCUT2D eigenvalue weighted by Gasteiger charge is -2.65. The molecule has 0 bridgehead atoms. The van der Waals surface area contributed by atoms with Gasteiger partial charge in [-0.05, 0) is 12.8 Å². The molecule has 20 heavy (non-hydrogen) atoms. The molecule has 1 saturated carbocycles. The number of likely N-dealkylation sites (N-methyl/N-ethyl adjacent to an activating group) is 1. The Balaban J connectivity index is 2.12. The number of carbonyl (C=O) groups is 2. The van der Waals surface area contributed by atoms with Crippen molar-refractivity contribution in [3.63, 3.8) is 0 Å². The van der Waals surface area contributed by atoms with Crippen LogP contribution in [0.15, 0.2) is 0 Å². The zero-order valence-corrected chi connectivity index (χ0v) is 12.4. The third-order valence-electron chi connectivity index (χ3n) is 5.05. The molecular formula is C14H24N2O4. The highest BCUT2D eigenvalue weighted by molar-refractivity contribution is 5.89. The van der Waals surface area contributed by atoms with Gasteiger partial charge >= 0.3 is 5.97 Å². The molecule has 0 spiro atoms. The monoisotopic (exact) mass is 284 g/mol. The number of fused-ring (bicyclic) bond motifs is 1. The fraction of sp³-hybridized carbons (Fsp3) is 0.857. The molecule has 0 aromatic rings. The Bertz CT molecular complexity index is 423. The number of carbonyl (C=O) groups excluding carboxylic acids is 1. The molecule has 6 heteroatoms. The number of carboxylic acid groups (broad SMARTS) is 1. The number of nitrogens with zero attached hydrogens (tertiary/aromatic N) is 1. The van der Waals surface area contributed by atoms with Gasteiger partial charge < -0.3 is 20.5 Å². The van der Waals surface area contributed by atoms with Crippen molar-refractivity contribution in [2.75, 3.05) is 20.2 Å². The van der Waals surface area contributed by atoms with Crippen LogP contribution in [0.1, 0.15) is 33.1 Å². The van der Waals surface area contributed by atoms with Crippen LogP contribution in [0.25, 0.3) is 0 Å². The summed E-state index contributed by atoms with van der Waals surface area (Å²) in [5.74, 6) is -1.05. The quantitative estimate of drug-likeness (QED) is 0.782. The van der Waals surface area contributed by atoms with E-state index in [1.165, 1.54) is 4.90 Å². The molecule has 3 unspecified atom stereocenters. The van der Waals surface area contributed by atoms with Gasteiger partial charge in [0.25, 0.3) is 0 Å². The summed E-state index contributed by atoms with van der Waals surface area (Å²) in [6, 6.07) is 0. The van der Waals surface area contributed by atoms with Crippen molar-refractivity contribution in [1.82, 2.24) is 4.90 Å². The van der Waals surface area contributed by atoms with E-state index < -0.39 is 16.9 Å². The van der Waals surface area contributed by atoms with E-state index in [1.54, 1.807) is 7.05 Å². The first-order valence-electron chi connectivity index (χ1n) is 7.10. The van der Waals surface area contributed by atoms with E-state index >= 15 is 0 Å². The summed E-state index contributed by atoms with van der Waals surface area (Å²) in [4.78, 5) is 24.8. The van der Waals surface area contributed by atoms with E-state index in [2.05, 4.69) is 0 Å². The maximum Gasteiger partial charge on any atom is 0.305 e. The number of aliphatic carboxylic acids is 1. The van der Waals surface area contributed by atoms with E-state index in [0.717, 1.165) is 19.4 Å². The van der Waals surface area contributed by atoms with E-state index in [1.807, 2.05) is 13.8 Å². The molecule has 2 fully saturated rings. The largest absolute Gasteiger partial charge is 0.481 e. The van der Waals surface area contributed by atoms with Crippen molar-refractivity contribution < 1.29 is 19.4 Å². The number of amides is 1. The molecule has 6 nitrogen and oxygen atoms in total. The maximum atomic E-state index is 12.7. The zero-order chi connectivity index (χ0) is 15.1. The standard InChI is InChI=1S/C14H24N2O4/c1-13(2)11-9(5-4-8-20-11)14(13,15)12(19)16(3)7-6-10(17)18/h9,11H,4-8,15H2,1-3H3,(H,17,18). The first-order valence-corrected chi connectivity index (χ1v) is 7.10. The molecule has 2 rings (SSSR count). The highest BCUT2D eigenvalue weighted by Crippen LogP contribution is 2.57. The van der Waals surface area contributed by atoms with Crippen LogP contribution in [0.3, 0.4) is 0 Å². The van der Waals surface area contributed by atoms with E-state index in [-0.39, 0.29) is 30.9 Å². The fourth-order valence-corrected chi connectivity index (χ4v) is 3.69. The van der Waals surface area contributed by atoms with Crippen molar-refractivity contribution in [2.24, 2.45) is 17.1 Å². The second kappa shape index (κ2) is 5.00. The van der Waals surface area contributed by atoms with Crippen LogP contribution in [-0.2, 0) is 14.3 Å². The topological polar surface area (TPSA) is 92.9 Å². The second-order valence-electron chi connectivity index (χ2n) is 6.50. The van der Waals surface area contributed by atoms with Crippen LogP contribution in [0.5, 0.6) is 0 Å². The molecule has 2 aliphatic rings. The van der Waals surface area contributed by atoms with Gasteiger partial charge in [-0.1, -0.05) is 13.8 Å². The summed E-state index contributed by atoms with van der Waals surface area (Å²) >= 11 is 0. The molecule has 1 aliphatic carbocycles. The smallest absolute Gasteiger partial charge is 0.305 e. The van der Waals surface area contributed by atoms with Crippen LogP contribution in [0.2, 0.25) is 0 Å². The van der Waals surface area contributed by atoms with Crippen molar-refractivity contribution >= 4 is 11.9 Å². The van der Waals surface area contributed by atoms with Gasteiger partial charge in [0.05, 0.1) is 12.5 Å². The Kier molecular flexibility index (Phi) is 3.81. The Labute approximate surface area is 119 Å². The minimum absolute atomic E-state index is 0.0260. The van der Waals surface area contributed by atoms with E-state index in [0.29, 0.717) is 0 Å². The van der Waals surface area contributed by atoms with Crippen LogP contribution in [-0.4, -0.2) is 53.7 Å². The predicted octanol–water partition coefficient (Wildman–Crippen LogP) is 0.452. The zero-order valence-electron chi connectivity index (χ0n) is 12.4. The van der Waals surface area contributed by atoms with Gasteiger partial charge in [0.15, 0.2) is 0 Å². The first-order chi connectivity index (χ1) is 9.23. The minimum atomic E-state index is -0.953. The molecule has 3 N–H and O–H groups in total. The third kappa shape index (κ3) is 2.02. The van der Waals surface area contributed by atoms with Crippen molar-refractivity contribution in [3.8, 4) is 0 Å². The summed E-state index contributed by atoms with van der Waals surface area (Å²) in [7, 11) is 1.62. The highest BCUT2D eigenvalue weighted by Gasteiger charge is 2.70. The maximum absolute atomic E-state index is 12.7. The summed E-state index contributed by atoms with van der Waals surface area (Å²) in [5.41, 5.74) is 5.09. The SMILES string of the molecule is CN(CCC(=O)O)C(=O)C1(N)C2CCCOC2C1(C)C. The molecule has 0 radical (unpaired) electrons. The summed E-state index contributed by atoms with van der Waals surface area (Å²) < 4.78 is 5.77. The molecule has 1 heterocycles. The lowest BCUT2D eigenvalue weighted by Crippen LogP contribution is -2.82. The van der Waals surface area contributed by atoms with Gasteiger partial charge in [-0.3, -0.25) is 9.59 Å².